The Balaban J connectivity index is 0.00000220. The van der Waals surface area contributed by atoms with Gasteiger partial charge in [-0.05, 0) is 32.5 Å². The average molecular weight is 327 g/mol. The molecular formula is C13H13ClF4NO2-. The van der Waals surface area contributed by atoms with Crippen molar-refractivity contribution >= 4 is 5.97 Å². The number of likely N-dealkylation sites (tertiary alicyclic amines) is 1. The van der Waals surface area contributed by atoms with Crippen molar-refractivity contribution < 1.29 is 39.5 Å². The van der Waals surface area contributed by atoms with Crippen LogP contribution in [0.1, 0.15) is 23.2 Å². The van der Waals surface area contributed by atoms with Crippen molar-refractivity contribution in [3.8, 4) is 0 Å². The quantitative estimate of drug-likeness (QED) is 0.318. The zero-order chi connectivity index (χ0) is 14.9. The highest BCUT2D eigenvalue weighted by Gasteiger charge is 2.27. The van der Waals surface area contributed by atoms with E-state index >= 15 is 0 Å². The van der Waals surface area contributed by atoms with Gasteiger partial charge >= 0.3 is 5.97 Å². The molecule has 1 fully saturated rings. The predicted molar refractivity (Wildman–Crippen MR) is 62.2 cm³/mol. The number of hydrogen-bond donors (Lipinski definition) is 0. The van der Waals surface area contributed by atoms with Gasteiger partial charge in [0.2, 0.25) is 0 Å². The van der Waals surface area contributed by atoms with E-state index in [1.54, 1.807) is 0 Å². The van der Waals surface area contributed by atoms with Crippen molar-refractivity contribution in [2.24, 2.45) is 0 Å². The highest BCUT2D eigenvalue weighted by molar-refractivity contribution is 5.89. The number of carbonyl (C=O) groups excluding carboxylic acids is 1. The molecule has 0 amide bonds. The molecule has 1 aromatic rings. The third kappa shape index (κ3) is 3.85. The lowest BCUT2D eigenvalue weighted by molar-refractivity contribution is -0.0000908. The Bertz CT molecular complexity index is 541. The minimum atomic E-state index is -2.02. The molecule has 118 valence electrons. The van der Waals surface area contributed by atoms with Crippen molar-refractivity contribution in [1.82, 2.24) is 4.90 Å². The number of benzene rings is 1. The molecule has 0 bridgehead atoms. The van der Waals surface area contributed by atoms with Crippen molar-refractivity contribution in [2.75, 3.05) is 20.1 Å². The number of likely N-dealkylation sites (N-methyl/N-ethyl adjacent to an activating group) is 1. The Labute approximate surface area is 125 Å². The molecule has 0 radical (unpaired) electrons. The fraction of sp³-hybridized carbons (Fsp3) is 0.462. The molecule has 0 spiro atoms. The molecular weight excluding hydrogens is 314 g/mol. The van der Waals surface area contributed by atoms with E-state index in [2.05, 4.69) is 0 Å². The molecule has 2 rings (SSSR count). The maximum absolute atomic E-state index is 13.4. The lowest BCUT2D eigenvalue weighted by Gasteiger charge is -2.29. The van der Waals surface area contributed by atoms with Gasteiger partial charge in [-0.3, -0.25) is 0 Å². The number of piperidine rings is 1. The minimum Gasteiger partial charge on any atom is -1.00 e. The Hall–Kier alpha value is -1.34. The van der Waals surface area contributed by atoms with Gasteiger partial charge in [0.25, 0.3) is 0 Å². The smallest absolute Gasteiger partial charge is 0.341 e. The summed E-state index contributed by atoms with van der Waals surface area (Å²) in [7, 11) is 1.83. The number of hydrogen-bond acceptors (Lipinski definition) is 3. The standard InChI is InChI=1S/C13H13F4NO2.ClH/c1-18-4-2-3-7(6-18)20-13(19)8-5-9(14)11(16)12(17)10(8)15;/h5,7H,2-4,6H2,1H3;1H/p-1. The summed E-state index contributed by atoms with van der Waals surface area (Å²) in [5, 5.41) is 0. The van der Waals surface area contributed by atoms with Gasteiger partial charge < -0.3 is 22.0 Å². The van der Waals surface area contributed by atoms with Gasteiger partial charge in [-0.25, -0.2) is 22.4 Å². The van der Waals surface area contributed by atoms with Crippen LogP contribution in [0.2, 0.25) is 0 Å². The van der Waals surface area contributed by atoms with Gasteiger partial charge in [-0.15, -0.1) is 0 Å². The second-order valence-corrected chi connectivity index (χ2v) is 4.78. The highest BCUT2D eigenvalue weighted by Crippen LogP contribution is 2.21. The molecule has 8 heteroatoms. The van der Waals surface area contributed by atoms with Crippen LogP contribution >= 0.6 is 0 Å². The van der Waals surface area contributed by atoms with Gasteiger partial charge in [0.15, 0.2) is 23.3 Å². The van der Waals surface area contributed by atoms with Crippen LogP contribution in [0, 0.1) is 23.3 Å². The van der Waals surface area contributed by atoms with Crippen LogP contribution in [-0.2, 0) is 4.74 Å². The average Bonchev–Trinajstić information content (AvgIpc) is 2.40. The first-order valence-corrected chi connectivity index (χ1v) is 6.12. The summed E-state index contributed by atoms with van der Waals surface area (Å²) in [5.74, 6) is -8.52. The van der Waals surface area contributed by atoms with E-state index in [1.807, 2.05) is 11.9 Å². The van der Waals surface area contributed by atoms with Crippen LogP contribution in [0.4, 0.5) is 17.6 Å². The molecule has 0 saturated carbocycles. The van der Waals surface area contributed by atoms with Crippen molar-refractivity contribution in [2.45, 2.75) is 18.9 Å². The summed E-state index contributed by atoms with van der Waals surface area (Å²) >= 11 is 0. The third-order valence-electron chi connectivity index (χ3n) is 3.18. The zero-order valence-electron chi connectivity index (χ0n) is 11.1. The highest BCUT2D eigenvalue weighted by atomic mass is 35.5. The summed E-state index contributed by atoms with van der Waals surface area (Å²) in [5.41, 5.74) is -0.936. The topological polar surface area (TPSA) is 29.5 Å². The predicted octanol–water partition coefficient (Wildman–Crippen LogP) is -0.502. The first-order chi connectivity index (χ1) is 9.40. The first-order valence-electron chi connectivity index (χ1n) is 6.12. The van der Waals surface area contributed by atoms with E-state index in [0.717, 1.165) is 13.0 Å². The lowest BCUT2D eigenvalue weighted by atomic mass is 10.1. The van der Waals surface area contributed by atoms with E-state index in [1.165, 1.54) is 0 Å². The van der Waals surface area contributed by atoms with Crippen molar-refractivity contribution in [1.29, 1.82) is 0 Å². The van der Waals surface area contributed by atoms with Gasteiger partial charge in [-0.1, -0.05) is 0 Å². The van der Waals surface area contributed by atoms with Crippen LogP contribution in [0.15, 0.2) is 6.07 Å². The maximum Gasteiger partial charge on any atom is 0.341 e. The Morgan fingerprint density at radius 2 is 1.90 bits per heavy atom. The molecule has 3 nitrogen and oxygen atoms in total. The van der Waals surface area contributed by atoms with Crippen LogP contribution in [0.3, 0.4) is 0 Å². The molecule has 1 atom stereocenters. The molecule has 0 aliphatic carbocycles. The van der Waals surface area contributed by atoms with E-state index in [0.29, 0.717) is 19.0 Å². The van der Waals surface area contributed by atoms with Gasteiger partial charge in [-0.2, -0.15) is 0 Å². The summed E-state index contributed by atoms with van der Waals surface area (Å²) in [6, 6.07) is 0.308. The van der Waals surface area contributed by atoms with Crippen LogP contribution in [0.25, 0.3) is 0 Å². The second-order valence-electron chi connectivity index (χ2n) is 4.78. The largest absolute Gasteiger partial charge is 1.00 e. The fourth-order valence-electron chi connectivity index (χ4n) is 2.15. The van der Waals surface area contributed by atoms with Crippen LogP contribution < -0.4 is 12.4 Å². The van der Waals surface area contributed by atoms with E-state index in [4.69, 9.17) is 4.74 Å². The molecule has 0 N–H and O–H groups in total. The molecule has 1 saturated heterocycles. The third-order valence-corrected chi connectivity index (χ3v) is 3.18. The van der Waals surface area contributed by atoms with Gasteiger partial charge in [0.05, 0.1) is 0 Å². The molecule has 1 unspecified atom stereocenters. The lowest BCUT2D eigenvalue weighted by Crippen LogP contribution is -3.00. The van der Waals surface area contributed by atoms with Crippen LogP contribution in [-0.4, -0.2) is 37.1 Å². The fourth-order valence-corrected chi connectivity index (χ4v) is 2.15. The van der Waals surface area contributed by atoms with Crippen LogP contribution in [0.5, 0.6) is 0 Å². The number of carbonyl (C=O) groups is 1. The number of ether oxygens (including phenoxy) is 1. The number of rotatable bonds is 2. The Kier molecular flexibility index (Phi) is 5.98. The van der Waals surface area contributed by atoms with E-state index in [9.17, 15) is 22.4 Å². The molecule has 1 heterocycles. The maximum atomic E-state index is 13.4. The zero-order valence-corrected chi connectivity index (χ0v) is 11.9. The molecule has 21 heavy (non-hydrogen) atoms. The van der Waals surface area contributed by atoms with Gasteiger partial charge in [0, 0.05) is 6.54 Å². The molecule has 0 aromatic heterocycles. The number of nitrogens with zero attached hydrogens (tertiary/aromatic N) is 1. The minimum absolute atomic E-state index is 0. The molecule has 1 aliphatic rings. The summed E-state index contributed by atoms with van der Waals surface area (Å²) in [4.78, 5) is 13.6. The Morgan fingerprint density at radius 3 is 2.52 bits per heavy atom. The monoisotopic (exact) mass is 326 g/mol. The van der Waals surface area contributed by atoms with E-state index in [-0.39, 0.29) is 12.4 Å². The van der Waals surface area contributed by atoms with Crippen molar-refractivity contribution in [3.63, 3.8) is 0 Å². The Morgan fingerprint density at radius 1 is 1.24 bits per heavy atom. The first kappa shape index (κ1) is 17.7. The summed E-state index contributed by atoms with van der Waals surface area (Å²) in [6.45, 7) is 1.31. The second kappa shape index (κ2) is 7.09. The number of esters is 1. The molecule has 1 aliphatic heterocycles. The number of halogens is 5. The summed E-state index contributed by atoms with van der Waals surface area (Å²) in [6.07, 6.45) is 0.907. The van der Waals surface area contributed by atoms with Crippen molar-refractivity contribution in [3.05, 3.63) is 34.9 Å². The van der Waals surface area contributed by atoms with Gasteiger partial charge in [0.1, 0.15) is 11.7 Å². The summed E-state index contributed by atoms with van der Waals surface area (Å²) < 4.78 is 57.3. The normalized spacial score (nSPS) is 19.0. The molecule has 1 aromatic carbocycles. The SMILES string of the molecule is CN1CCCC(OC(=O)c2cc(F)c(F)c(F)c2F)C1.[Cl-]. The van der Waals surface area contributed by atoms with E-state index < -0.39 is 40.9 Å².